The first-order chi connectivity index (χ1) is 16.8. The maximum absolute atomic E-state index is 4.96. The van der Waals surface area contributed by atoms with E-state index in [0.29, 0.717) is 0 Å². The van der Waals surface area contributed by atoms with Crippen LogP contribution in [0, 0.1) is 0 Å². The van der Waals surface area contributed by atoms with E-state index in [1.807, 2.05) is 12.1 Å². The molecule has 4 aromatic rings. The molecule has 0 fully saturated rings. The van der Waals surface area contributed by atoms with Gasteiger partial charge in [0.05, 0.1) is 11.4 Å². The molecule has 0 spiro atoms. The molecule has 0 bridgehead atoms. The van der Waals surface area contributed by atoms with Gasteiger partial charge in [-0.1, -0.05) is 129 Å². The summed E-state index contributed by atoms with van der Waals surface area (Å²) in [7, 11) is 0. The van der Waals surface area contributed by atoms with Gasteiger partial charge in [0.1, 0.15) is 0 Å². The second kappa shape index (κ2) is 13.2. The van der Waals surface area contributed by atoms with Crippen molar-refractivity contribution in [2.75, 3.05) is 6.54 Å². The van der Waals surface area contributed by atoms with Gasteiger partial charge in [0.25, 0.3) is 0 Å². The number of aromatic amines is 1. The first-order valence-electron chi connectivity index (χ1n) is 12.5. The van der Waals surface area contributed by atoms with Crippen LogP contribution in [0.25, 0.3) is 22.5 Å². The molecule has 34 heavy (non-hydrogen) atoms. The summed E-state index contributed by atoms with van der Waals surface area (Å²) in [4.78, 5) is 8.54. The van der Waals surface area contributed by atoms with Crippen LogP contribution in [0.15, 0.2) is 90.1 Å². The quantitative estimate of drug-likeness (QED) is 0.153. The number of hydrogen-bond acceptors (Lipinski definition) is 3. The van der Waals surface area contributed by atoms with Crippen LogP contribution in [0.3, 0.4) is 0 Å². The van der Waals surface area contributed by atoms with Crippen LogP contribution < -0.4 is 5.32 Å². The summed E-state index contributed by atoms with van der Waals surface area (Å²) in [5.74, 6) is 0.890. The fourth-order valence-electron chi connectivity index (χ4n) is 4.03. The van der Waals surface area contributed by atoms with Gasteiger partial charge in [-0.25, -0.2) is 4.98 Å². The third-order valence-corrected chi connectivity index (χ3v) is 6.92. The summed E-state index contributed by atoms with van der Waals surface area (Å²) in [6.45, 7) is 4.31. The second-order valence-corrected chi connectivity index (χ2v) is 9.66. The Kier molecular flexibility index (Phi) is 9.41. The van der Waals surface area contributed by atoms with E-state index in [4.69, 9.17) is 4.98 Å². The Labute approximate surface area is 208 Å². The van der Waals surface area contributed by atoms with E-state index >= 15 is 0 Å². The number of H-pyrrole nitrogens is 1. The largest absolute Gasteiger partial charge is 0.332 e. The smallest absolute Gasteiger partial charge is 0.166 e. The zero-order valence-corrected chi connectivity index (χ0v) is 20.9. The van der Waals surface area contributed by atoms with Crippen LogP contribution in [0.4, 0.5) is 0 Å². The molecule has 4 rings (SSSR count). The molecule has 0 amide bonds. The lowest BCUT2D eigenvalue weighted by Gasteiger charge is -2.06. The molecule has 0 saturated carbocycles. The van der Waals surface area contributed by atoms with Crippen molar-refractivity contribution in [3.63, 3.8) is 0 Å². The number of imidazole rings is 1. The Morgan fingerprint density at radius 2 is 1.38 bits per heavy atom. The number of thioether (sulfide) groups is 1. The Balaban J connectivity index is 1.34. The zero-order chi connectivity index (χ0) is 23.4. The first kappa shape index (κ1) is 24.3. The highest BCUT2D eigenvalue weighted by Crippen LogP contribution is 2.33. The predicted molar refractivity (Wildman–Crippen MR) is 146 cm³/mol. The molecule has 0 aliphatic carbocycles. The van der Waals surface area contributed by atoms with Gasteiger partial charge in [-0.3, -0.25) is 0 Å². The Morgan fingerprint density at radius 3 is 2.09 bits per heavy atom. The van der Waals surface area contributed by atoms with Crippen LogP contribution in [-0.4, -0.2) is 16.5 Å². The summed E-state index contributed by atoms with van der Waals surface area (Å²) in [5, 5.41) is 4.53. The summed E-state index contributed by atoms with van der Waals surface area (Å²) < 4.78 is 0. The molecule has 1 aromatic heterocycles. The van der Waals surface area contributed by atoms with Crippen LogP contribution in [0.1, 0.15) is 50.2 Å². The molecule has 3 aromatic carbocycles. The van der Waals surface area contributed by atoms with Gasteiger partial charge in [0, 0.05) is 23.4 Å². The summed E-state index contributed by atoms with van der Waals surface area (Å²) in [6, 6.07) is 29.8. The Bertz CT molecular complexity index is 1050. The van der Waals surface area contributed by atoms with Gasteiger partial charge < -0.3 is 10.3 Å². The van der Waals surface area contributed by atoms with E-state index in [1.54, 1.807) is 11.8 Å². The number of aromatic nitrogens is 2. The zero-order valence-electron chi connectivity index (χ0n) is 20.1. The van der Waals surface area contributed by atoms with Crippen molar-refractivity contribution in [2.45, 2.75) is 56.5 Å². The van der Waals surface area contributed by atoms with E-state index in [0.717, 1.165) is 46.5 Å². The lowest BCUT2D eigenvalue weighted by molar-refractivity contribution is 0.583. The lowest BCUT2D eigenvalue weighted by atomic mass is 10.1. The lowest BCUT2D eigenvalue weighted by Crippen LogP contribution is -2.14. The van der Waals surface area contributed by atoms with Crippen molar-refractivity contribution in [1.29, 1.82) is 0 Å². The Morgan fingerprint density at radius 1 is 0.735 bits per heavy atom. The molecule has 0 saturated heterocycles. The highest BCUT2D eigenvalue weighted by atomic mass is 32.2. The van der Waals surface area contributed by atoms with Gasteiger partial charge in [0.15, 0.2) is 5.16 Å². The second-order valence-electron chi connectivity index (χ2n) is 8.69. The van der Waals surface area contributed by atoms with Crippen LogP contribution in [-0.2, 0) is 12.3 Å². The maximum atomic E-state index is 4.96. The molecule has 176 valence electrons. The number of rotatable bonds is 13. The third-order valence-electron chi connectivity index (χ3n) is 5.98. The van der Waals surface area contributed by atoms with Crippen molar-refractivity contribution in [2.24, 2.45) is 0 Å². The fourth-order valence-corrected chi connectivity index (χ4v) is 4.86. The van der Waals surface area contributed by atoms with Crippen molar-refractivity contribution in [3.05, 3.63) is 96.1 Å². The van der Waals surface area contributed by atoms with Gasteiger partial charge in [0.2, 0.25) is 0 Å². The average Bonchev–Trinajstić information content (AvgIpc) is 3.33. The third kappa shape index (κ3) is 7.09. The fraction of sp³-hybridized carbons (Fsp3) is 0.300. The highest BCUT2D eigenvalue weighted by Gasteiger charge is 2.14. The molecule has 3 nitrogen and oxygen atoms in total. The van der Waals surface area contributed by atoms with E-state index in [9.17, 15) is 0 Å². The van der Waals surface area contributed by atoms with E-state index in [-0.39, 0.29) is 0 Å². The average molecular weight is 470 g/mol. The summed E-state index contributed by atoms with van der Waals surface area (Å²) >= 11 is 1.75. The summed E-state index contributed by atoms with van der Waals surface area (Å²) in [5.41, 5.74) is 7.02. The number of nitrogens with zero attached hydrogens (tertiary/aromatic N) is 1. The minimum Gasteiger partial charge on any atom is -0.332 e. The number of benzene rings is 3. The molecule has 0 aliphatic rings. The number of nitrogens with one attached hydrogen (secondary N) is 2. The van der Waals surface area contributed by atoms with E-state index in [2.05, 4.69) is 90.0 Å². The van der Waals surface area contributed by atoms with Crippen molar-refractivity contribution >= 4 is 11.8 Å². The minimum absolute atomic E-state index is 0.890. The number of unbranched alkanes of at least 4 members (excludes halogenated alkanes) is 4. The van der Waals surface area contributed by atoms with E-state index in [1.165, 1.54) is 43.2 Å². The first-order valence-corrected chi connectivity index (χ1v) is 13.4. The molecular weight excluding hydrogens is 434 g/mol. The van der Waals surface area contributed by atoms with Gasteiger partial charge >= 0.3 is 0 Å². The monoisotopic (exact) mass is 469 g/mol. The normalized spacial score (nSPS) is 11.1. The van der Waals surface area contributed by atoms with Crippen LogP contribution in [0.5, 0.6) is 0 Å². The molecular formula is C30H35N3S. The number of hydrogen-bond donors (Lipinski definition) is 2. The topological polar surface area (TPSA) is 40.7 Å². The van der Waals surface area contributed by atoms with Gasteiger partial charge in [-0.2, -0.15) is 0 Å². The SMILES string of the molecule is CCCCCCCNCc1ccc(CSc2nc(-c3ccccc3)c(-c3ccccc3)[nH]2)cc1. The van der Waals surface area contributed by atoms with Crippen molar-refractivity contribution < 1.29 is 0 Å². The van der Waals surface area contributed by atoms with Crippen molar-refractivity contribution in [1.82, 2.24) is 15.3 Å². The molecule has 0 atom stereocenters. The highest BCUT2D eigenvalue weighted by molar-refractivity contribution is 7.98. The summed E-state index contributed by atoms with van der Waals surface area (Å²) in [6.07, 6.45) is 6.63. The molecule has 0 radical (unpaired) electrons. The van der Waals surface area contributed by atoms with Crippen LogP contribution >= 0.6 is 11.8 Å². The standard InChI is InChI=1S/C30H35N3S/c1-2-3-4-5-12-21-31-22-24-17-19-25(20-18-24)23-34-30-32-28(26-13-8-6-9-14-26)29(33-30)27-15-10-7-11-16-27/h6-11,13-20,31H,2-5,12,21-23H2,1H3,(H,32,33). The predicted octanol–water partition coefficient (Wildman–Crippen LogP) is 8.10. The Hall–Kier alpha value is -2.82. The maximum Gasteiger partial charge on any atom is 0.166 e. The molecule has 0 aliphatic heterocycles. The van der Waals surface area contributed by atoms with Crippen molar-refractivity contribution in [3.8, 4) is 22.5 Å². The molecule has 1 heterocycles. The minimum atomic E-state index is 0.890. The van der Waals surface area contributed by atoms with Gasteiger partial charge in [-0.05, 0) is 24.1 Å². The van der Waals surface area contributed by atoms with E-state index < -0.39 is 0 Å². The molecule has 0 unspecified atom stereocenters. The van der Waals surface area contributed by atoms with Crippen LogP contribution in [0.2, 0.25) is 0 Å². The van der Waals surface area contributed by atoms with Gasteiger partial charge in [-0.15, -0.1) is 0 Å². The molecule has 4 heteroatoms. The molecule has 2 N–H and O–H groups in total.